The van der Waals surface area contributed by atoms with Crippen LogP contribution < -0.4 is 24.4 Å². The minimum atomic E-state index is -0.160. The molecule has 1 N–H and O–H groups in total. The van der Waals surface area contributed by atoms with Crippen LogP contribution in [-0.4, -0.2) is 71.4 Å². The monoisotopic (exact) mass is 399 g/mol. The summed E-state index contributed by atoms with van der Waals surface area (Å²) in [7, 11) is 4.61. The minimum absolute atomic E-state index is 0.160. The Balaban J connectivity index is 1.49. The van der Waals surface area contributed by atoms with Crippen molar-refractivity contribution in [3.63, 3.8) is 0 Å². The van der Waals surface area contributed by atoms with Gasteiger partial charge in [-0.05, 0) is 24.3 Å². The van der Waals surface area contributed by atoms with Gasteiger partial charge < -0.3 is 24.4 Å². The third-order valence-corrected chi connectivity index (χ3v) is 5.13. The zero-order valence-corrected chi connectivity index (χ0v) is 17.3. The van der Waals surface area contributed by atoms with E-state index in [4.69, 9.17) is 14.2 Å². The van der Waals surface area contributed by atoms with Crippen molar-refractivity contribution in [2.75, 3.05) is 65.5 Å². The van der Waals surface area contributed by atoms with Gasteiger partial charge in [-0.15, -0.1) is 0 Å². The molecule has 0 saturated carbocycles. The maximum atomic E-state index is 12.6. The van der Waals surface area contributed by atoms with Crippen LogP contribution in [0.4, 0.5) is 5.69 Å². The molecule has 1 fully saturated rings. The van der Waals surface area contributed by atoms with Crippen LogP contribution in [0.15, 0.2) is 42.5 Å². The number of hydrogen-bond donors (Lipinski definition) is 1. The topological polar surface area (TPSA) is 63.3 Å². The Morgan fingerprint density at radius 2 is 1.55 bits per heavy atom. The van der Waals surface area contributed by atoms with Crippen molar-refractivity contribution in [3.05, 3.63) is 48.0 Å². The van der Waals surface area contributed by atoms with Crippen LogP contribution in [0.1, 0.15) is 10.4 Å². The molecule has 0 spiro atoms. The second-order valence-corrected chi connectivity index (χ2v) is 6.83. The number of hydrogen-bond acceptors (Lipinski definition) is 6. The van der Waals surface area contributed by atoms with E-state index in [0.717, 1.165) is 32.7 Å². The van der Waals surface area contributed by atoms with Gasteiger partial charge in [0.15, 0.2) is 11.5 Å². The fourth-order valence-electron chi connectivity index (χ4n) is 3.51. The van der Waals surface area contributed by atoms with Crippen molar-refractivity contribution in [2.24, 2.45) is 0 Å². The number of para-hydroxylation sites is 1. The summed E-state index contributed by atoms with van der Waals surface area (Å²) in [6, 6.07) is 13.8. The van der Waals surface area contributed by atoms with E-state index < -0.39 is 0 Å². The lowest BCUT2D eigenvalue weighted by atomic mass is 10.1. The summed E-state index contributed by atoms with van der Waals surface area (Å²) in [5, 5.41) is 2.98. The molecule has 1 aliphatic rings. The third kappa shape index (κ3) is 5.12. The Morgan fingerprint density at radius 3 is 2.10 bits per heavy atom. The number of carbonyl (C=O) groups is 1. The molecule has 0 atom stereocenters. The number of nitrogens with zero attached hydrogens (tertiary/aromatic N) is 2. The van der Waals surface area contributed by atoms with Crippen molar-refractivity contribution in [1.29, 1.82) is 0 Å². The van der Waals surface area contributed by atoms with E-state index in [1.165, 1.54) is 27.0 Å². The number of benzene rings is 2. The molecule has 0 unspecified atom stereocenters. The van der Waals surface area contributed by atoms with E-state index >= 15 is 0 Å². The highest BCUT2D eigenvalue weighted by Gasteiger charge is 2.19. The number of nitrogens with one attached hydrogen (secondary N) is 1. The molecule has 7 heteroatoms. The molecule has 1 aliphatic heterocycles. The van der Waals surface area contributed by atoms with E-state index in [0.29, 0.717) is 29.4 Å². The van der Waals surface area contributed by atoms with Gasteiger partial charge in [0, 0.05) is 50.5 Å². The summed E-state index contributed by atoms with van der Waals surface area (Å²) in [5.74, 6) is 1.25. The van der Waals surface area contributed by atoms with Crippen molar-refractivity contribution < 1.29 is 19.0 Å². The average Bonchev–Trinajstić information content (AvgIpc) is 2.78. The molecule has 1 amide bonds. The van der Waals surface area contributed by atoms with Crippen LogP contribution in [0, 0.1) is 0 Å². The normalized spacial score (nSPS) is 14.4. The molecular formula is C22H29N3O4. The van der Waals surface area contributed by atoms with E-state index in [2.05, 4.69) is 39.4 Å². The van der Waals surface area contributed by atoms with Gasteiger partial charge in [0.2, 0.25) is 5.75 Å². The van der Waals surface area contributed by atoms with E-state index in [1.54, 1.807) is 12.1 Å². The van der Waals surface area contributed by atoms with Crippen LogP contribution >= 0.6 is 0 Å². The van der Waals surface area contributed by atoms with E-state index in [-0.39, 0.29) is 5.91 Å². The molecule has 0 bridgehead atoms. The summed E-state index contributed by atoms with van der Waals surface area (Å²) in [5.41, 5.74) is 1.75. The number of methoxy groups -OCH3 is 3. The quantitative estimate of drug-likeness (QED) is 0.735. The molecular weight excluding hydrogens is 370 g/mol. The van der Waals surface area contributed by atoms with Crippen LogP contribution in [0.2, 0.25) is 0 Å². The largest absolute Gasteiger partial charge is 0.493 e. The van der Waals surface area contributed by atoms with Crippen molar-refractivity contribution in [3.8, 4) is 17.2 Å². The highest BCUT2D eigenvalue weighted by Crippen LogP contribution is 2.38. The Hall–Kier alpha value is -2.93. The van der Waals surface area contributed by atoms with Crippen LogP contribution in [-0.2, 0) is 0 Å². The predicted molar refractivity (Wildman–Crippen MR) is 114 cm³/mol. The van der Waals surface area contributed by atoms with Crippen molar-refractivity contribution in [1.82, 2.24) is 10.2 Å². The van der Waals surface area contributed by atoms with Crippen LogP contribution in [0.5, 0.6) is 17.2 Å². The second kappa shape index (κ2) is 10.0. The molecule has 0 aliphatic carbocycles. The Morgan fingerprint density at radius 1 is 0.931 bits per heavy atom. The first-order valence-corrected chi connectivity index (χ1v) is 9.76. The summed E-state index contributed by atoms with van der Waals surface area (Å²) in [6.07, 6.45) is 0. The number of ether oxygens (including phenoxy) is 3. The number of piperazine rings is 1. The van der Waals surface area contributed by atoms with Crippen molar-refractivity contribution >= 4 is 11.6 Å². The first kappa shape index (κ1) is 20.8. The maximum absolute atomic E-state index is 12.6. The molecule has 2 aromatic carbocycles. The second-order valence-electron chi connectivity index (χ2n) is 6.83. The predicted octanol–water partition coefficient (Wildman–Crippen LogP) is 2.26. The highest BCUT2D eigenvalue weighted by atomic mass is 16.5. The number of amides is 1. The van der Waals surface area contributed by atoms with E-state index in [1.807, 2.05) is 6.07 Å². The average molecular weight is 399 g/mol. The minimum Gasteiger partial charge on any atom is -0.493 e. The summed E-state index contributed by atoms with van der Waals surface area (Å²) in [6.45, 7) is 5.35. The maximum Gasteiger partial charge on any atom is 0.251 e. The molecule has 2 aromatic rings. The van der Waals surface area contributed by atoms with Gasteiger partial charge in [0.25, 0.3) is 5.91 Å². The Bertz CT molecular complexity index is 780. The smallest absolute Gasteiger partial charge is 0.251 e. The van der Waals surface area contributed by atoms with Crippen LogP contribution in [0.25, 0.3) is 0 Å². The standard InChI is InChI=1S/C22H29N3O4/c1-27-19-15-17(16-20(28-2)21(19)29-3)22(26)23-9-10-24-11-13-25(14-12-24)18-7-5-4-6-8-18/h4-8,15-16H,9-14H2,1-3H3,(H,23,26). The first-order chi connectivity index (χ1) is 14.2. The lowest BCUT2D eigenvalue weighted by Gasteiger charge is -2.36. The number of anilines is 1. The molecule has 0 radical (unpaired) electrons. The van der Waals surface area contributed by atoms with Gasteiger partial charge in [0.05, 0.1) is 21.3 Å². The van der Waals surface area contributed by atoms with Gasteiger partial charge in [-0.1, -0.05) is 18.2 Å². The molecule has 3 rings (SSSR count). The number of carbonyl (C=O) groups excluding carboxylic acids is 1. The zero-order valence-electron chi connectivity index (χ0n) is 17.3. The fourth-order valence-corrected chi connectivity index (χ4v) is 3.51. The van der Waals surface area contributed by atoms with Gasteiger partial charge in [-0.25, -0.2) is 0 Å². The summed E-state index contributed by atoms with van der Waals surface area (Å²) >= 11 is 0. The molecule has 1 heterocycles. The lowest BCUT2D eigenvalue weighted by molar-refractivity contribution is 0.0947. The van der Waals surface area contributed by atoms with Crippen molar-refractivity contribution in [2.45, 2.75) is 0 Å². The van der Waals surface area contributed by atoms with E-state index in [9.17, 15) is 4.79 Å². The zero-order chi connectivity index (χ0) is 20.6. The SMILES string of the molecule is COc1cc(C(=O)NCCN2CCN(c3ccccc3)CC2)cc(OC)c1OC. The lowest BCUT2D eigenvalue weighted by Crippen LogP contribution is -2.48. The summed E-state index contributed by atoms with van der Waals surface area (Å²) < 4.78 is 15.9. The number of rotatable bonds is 8. The van der Waals surface area contributed by atoms with Crippen LogP contribution in [0.3, 0.4) is 0 Å². The molecule has 1 saturated heterocycles. The third-order valence-electron chi connectivity index (χ3n) is 5.13. The molecule has 7 nitrogen and oxygen atoms in total. The van der Waals surface area contributed by atoms with Gasteiger partial charge in [-0.3, -0.25) is 9.69 Å². The van der Waals surface area contributed by atoms with Gasteiger partial charge in [-0.2, -0.15) is 0 Å². The first-order valence-electron chi connectivity index (χ1n) is 9.76. The summed E-state index contributed by atoms with van der Waals surface area (Å²) in [4.78, 5) is 17.3. The fraction of sp³-hybridized carbons (Fsp3) is 0.409. The van der Waals surface area contributed by atoms with Gasteiger partial charge in [0.1, 0.15) is 0 Å². The highest BCUT2D eigenvalue weighted by molar-refractivity contribution is 5.95. The Labute approximate surface area is 172 Å². The molecule has 156 valence electrons. The van der Waals surface area contributed by atoms with Gasteiger partial charge >= 0.3 is 0 Å². The molecule has 29 heavy (non-hydrogen) atoms. The Kier molecular flexibility index (Phi) is 7.19. The molecule has 0 aromatic heterocycles.